The Kier molecular flexibility index (Phi) is 3.16. The van der Waals surface area contributed by atoms with Crippen LogP contribution in [0.15, 0.2) is 0 Å². The maximum absolute atomic E-state index is 5.77. The molecule has 0 heterocycles. The highest BCUT2D eigenvalue weighted by Gasteiger charge is 2.20. The van der Waals surface area contributed by atoms with Crippen LogP contribution in [0.1, 0.15) is 26.2 Å². The highest BCUT2D eigenvalue weighted by molar-refractivity contribution is 4.78. The van der Waals surface area contributed by atoms with Gasteiger partial charge in [-0.15, -0.1) is 0 Å². The summed E-state index contributed by atoms with van der Waals surface area (Å²) in [5, 5.41) is 3.36. The van der Waals surface area contributed by atoms with Crippen LogP contribution < -0.4 is 11.1 Å². The van der Waals surface area contributed by atoms with Gasteiger partial charge in [-0.2, -0.15) is 0 Å². The molecule has 0 bridgehead atoms. The summed E-state index contributed by atoms with van der Waals surface area (Å²) >= 11 is 0. The van der Waals surface area contributed by atoms with Crippen LogP contribution >= 0.6 is 0 Å². The van der Waals surface area contributed by atoms with Gasteiger partial charge in [0, 0.05) is 6.04 Å². The van der Waals surface area contributed by atoms with E-state index < -0.39 is 0 Å². The van der Waals surface area contributed by atoms with Crippen molar-refractivity contribution in [2.24, 2.45) is 11.7 Å². The fraction of sp³-hybridized carbons (Fsp3) is 1.00. The average molecular weight is 142 g/mol. The van der Waals surface area contributed by atoms with Crippen LogP contribution in [0.4, 0.5) is 0 Å². The van der Waals surface area contributed by atoms with Crippen molar-refractivity contribution < 1.29 is 0 Å². The lowest BCUT2D eigenvalue weighted by molar-refractivity contribution is 0.491. The lowest BCUT2D eigenvalue weighted by Crippen LogP contribution is -2.22. The van der Waals surface area contributed by atoms with Crippen molar-refractivity contribution in [3.8, 4) is 0 Å². The van der Waals surface area contributed by atoms with Gasteiger partial charge >= 0.3 is 0 Å². The largest absolute Gasteiger partial charge is 0.328 e. The van der Waals surface area contributed by atoms with E-state index in [1.165, 1.54) is 25.8 Å². The van der Waals surface area contributed by atoms with Gasteiger partial charge < -0.3 is 11.1 Å². The first-order valence-electron chi connectivity index (χ1n) is 4.29. The molecule has 1 rings (SSSR count). The van der Waals surface area contributed by atoms with Crippen molar-refractivity contribution in [3.05, 3.63) is 0 Å². The number of nitrogens with one attached hydrogen (secondary N) is 1. The molecule has 0 saturated heterocycles. The Labute approximate surface area is 63.2 Å². The number of rotatable bonds is 3. The lowest BCUT2D eigenvalue weighted by atomic mass is 10.1. The summed E-state index contributed by atoms with van der Waals surface area (Å²) < 4.78 is 0. The zero-order valence-electron chi connectivity index (χ0n) is 6.77. The fourth-order valence-electron chi connectivity index (χ4n) is 1.65. The molecule has 0 amide bonds. The second-order valence-corrected chi connectivity index (χ2v) is 3.25. The zero-order valence-corrected chi connectivity index (χ0v) is 6.77. The Balaban J connectivity index is 2.06. The molecular formula is C8H18N2. The van der Waals surface area contributed by atoms with Crippen molar-refractivity contribution in [2.75, 3.05) is 13.1 Å². The van der Waals surface area contributed by atoms with Gasteiger partial charge in [-0.3, -0.25) is 0 Å². The third-order valence-corrected chi connectivity index (χ3v) is 2.26. The molecule has 1 fully saturated rings. The molecule has 60 valence electrons. The monoisotopic (exact) mass is 142 g/mol. The van der Waals surface area contributed by atoms with Crippen molar-refractivity contribution >= 4 is 0 Å². The lowest BCUT2D eigenvalue weighted by Gasteiger charge is -2.08. The molecule has 0 aromatic carbocycles. The molecule has 0 spiro atoms. The second-order valence-electron chi connectivity index (χ2n) is 3.25. The van der Waals surface area contributed by atoms with Crippen LogP contribution in [0.2, 0.25) is 0 Å². The first-order valence-corrected chi connectivity index (χ1v) is 4.29. The van der Waals surface area contributed by atoms with Gasteiger partial charge in [0.1, 0.15) is 0 Å². The fourth-order valence-corrected chi connectivity index (χ4v) is 1.65. The molecule has 3 N–H and O–H groups in total. The molecule has 0 radical (unpaired) electrons. The second kappa shape index (κ2) is 3.94. The molecule has 1 aliphatic carbocycles. The van der Waals surface area contributed by atoms with Gasteiger partial charge in [-0.1, -0.05) is 6.92 Å². The summed E-state index contributed by atoms with van der Waals surface area (Å²) in [4.78, 5) is 0. The molecule has 0 aromatic heterocycles. The maximum atomic E-state index is 5.77. The SMILES string of the molecule is CCNC[C@@H]1CC[C@H](N)C1. The summed E-state index contributed by atoms with van der Waals surface area (Å²) in [6, 6.07) is 0.489. The summed E-state index contributed by atoms with van der Waals surface area (Å²) in [6.07, 6.45) is 3.79. The smallest absolute Gasteiger partial charge is 0.00420 e. The van der Waals surface area contributed by atoms with Crippen LogP contribution in [0.5, 0.6) is 0 Å². The van der Waals surface area contributed by atoms with Gasteiger partial charge in [0.15, 0.2) is 0 Å². The van der Waals surface area contributed by atoms with E-state index in [0.717, 1.165) is 12.5 Å². The number of nitrogens with two attached hydrogens (primary N) is 1. The molecule has 1 saturated carbocycles. The zero-order chi connectivity index (χ0) is 7.40. The van der Waals surface area contributed by atoms with Gasteiger partial charge in [0.25, 0.3) is 0 Å². The Hall–Kier alpha value is -0.0800. The topological polar surface area (TPSA) is 38.0 Å². The van der Waals surface area contributed by atoms with Crippen molar-refractivity contribution in [1.29, 1.82) is 0 Å². The third kappa shape index (κ3) is 2.27. The van der Waals surface area contributed by atoms with Crippen LogP contribution in [0, 0.1) is 5.92 Å². The molecule has 1 aliphatic rings. The van der Waals surface area contributed by atoms with E-state index in [2.05, 4.69) is 12.2 Å². The van der Waals surface area contributed by atoms with Crippen molar-refractivity contribution in [3.63, 3.8) is 0 Å². The Morgan fingerprint density at radius 3 is 2.80 bits per heavy atom. The predicted octanol–water partition coefficient (Wildman–Crippen LogP) is 0.723. The molecule has 10 heavy (non-hydrogen) atoms. The molecule has 0 unspecified atom stereocenters. The van der Waals surface area contributed by atoms with Crippen molar-refractivity contribution in [2.45, 2.75) is 32.2 Å². The number of hydrogen-bond acceptors (Lipinski definition) is 2. The van der Waals surface area contributed by atoms with Crippen LogP contribution in [0.25, 0.3) is 0 Å². The molecule has 0 aliphatic heterocycles. The quantitative estimate of drug-likeness (QED) is 0.609. The Morgan fingerprint density at radius 2 is 2.30 bits per heavy atom. The van der Waals surface area contributed by atoms with Gasteiger partial charge in [0.2, 0.25) is 0 Å². The van der Waals surface area contributed by atoms with E-state index in [0.29, 0.717) is 6.04 Å². The van der Waals surface area contributed by atoms with Crippen LogP contribution in [-0.2, 0) is 0 Å². The van der Waals surface area contributed by atoms with Crippen LogP contribution in [0.3, 0.4) is 0 Å². The summed E-state index contributed by atoms with van der Waals surface area (Å²) in [5.41, 5.74) is 5.77. The first-order chi connectivity index (χ1) is 4.83. The normalized spacial score (nSPS) is 33.0. The maximum Gasteiger partial charge on any atom is 0.00420 e. The highest BCUT2D eigenvalue weighted by Crippen LogP contribution is 2.22. The molecule has 2 atom stereocenters. The van der Waals surface area contributed by atoms with E-state index >= 15 is 0 Å². The minimum absolute atomic E-state index is 0.489. The summed E-state index contributed by atoms with van der Waals surface area (Å²) in [6.45, 7) is 4.41. The minimum Gasteiger partial charge on any atom is -0.328 e. The van der Waals surface area contributed by atoms with E-state index in [4.69, 9.17) is 5.73 Å². The predicted molar refractivity (Wildman–Crippen MR) is 43.9 cm³/mol. The Bertz CT molecular complexity index is 93.3. The van der Waals surface area contributed by atoms with E-state index in [1.807, 2.05) is 0 Å². The molecule has 2 nitrogen and oxygen atoms in total. The first kappa shape index (κ1) is 8.02. The van der Waals surface area contributed by atoms with E-state index in [9.17, 15) is 0 Å². The standard InChI is InChI=1S/C8H18N2/c1-2-10-6-7-3-4-8(9)5-7/h7-8,10H,2-6,9H2,1H3/t7-,8+/m1/s1. The van der Waals surface area contributed by atoms with Gasteiger partial charge in [0.05, 0.1) is 0 Å². The highest BCUT2D eigenvalue weighted by atomic mass is 14.9. The van der Waals surface area contributed by atoms with Gasteiger partial charge in [-0.25, -0.2) is 0 Å². The molecular weight excluding hydrogens is 124 g/mol. The molecule has 2 heteroatoms. The van der Waals surface area contributed by atoms with Crippen LogP contribution in [-0.4, -0.2) is 19.1 Å². The minimum atomic E-state index is 0.489. The third-order valence-electron chi connectivity index (χ3n) is 2.26. The number of hydrogen-bond donors (Lipinski definition) is 2. The van der Waals surface area contributed by atoms with E-state index in [-0.39, 0.29) is 0 Å². The van der Waals surface area contributed by atoms with Crippen molar-refractivity contribution in [1.82, 2.24) is 5.32 Å². The Morgan fingerprint density at radius 1 is 1.50 bits per heavy atom. The average Bonchev–Trinajstić information content (AvgIpc) is 2.31. The summed E-state index contributed by atoms with van der Waals surface area (Å²) in [7, 11) is 0. The van der Waals surface area contributed by atoms with Gasteiger partial charge in [-0.05, 0) is 38.3 Å². The molecule has 0 aromatic rings. The summed E-state index contributed by atoms with van der Waals surface area (Å²) in [5.74, 6) is 0.856. The van der Waals surface area contributed by atoms with E-state index in [1.54, 1.807) is 0 Å².